The van der Waals surface area contributed by atoms with E-state index in [9.17, 15) is 18.0 Å². The monoisotopic (exact) mass is 637 g/mol. The number of carbonyl (C=O) groups is 2. The van der Waals surface area contributed by atoms with E-state index in [1.54, 1.807) is 41.3 Å². The van der Waals surface area contributed by atoms with Crippen LogP contribution >= 0.6 is 23.2 Å². The molecule has 1 fully saturated rings. The molecular formula is C27H29Cl2N5O7S. The van der Waals surface area contributed by atoms with Gasteiger partial charge >= 0.3 is 0 Å². The largest absolute Gasteiger partial charge is 0.387 e. The van der Waals surface area contributed by atoms with Crippen molar-refractivity contribution in [1.82, 2.24) is 25.2 Å². The number of hydroxylamine groups is 1. The van der Waals surface area contributed by atoms with E-state index in [4.69, 9.17) is 37.7 Å². The second-order valence-corrected chi connectivity index (χ2v) is 12.9. The summed E-state index contributed by atoms with van der Waals surface area (Å²) in [7, 11) is -3.60. The fourth-order valence-electron chi connectivity index (χ4n) is 5.78. The van der Waals surface area contributed by atoms with Gasteiger partial charge in [-0.2, -0.15) is 4.98 Å². The van der Waals surface area contributed by atoms with E-state index in [1.165, 1.54) is 6.07 Å². The molecule has 2 heterocycles. The summed E-state index contributed by atoms with van der Waals surface area (Å²) >= 11 is 12.9. The highest BCUT2D eigenvalue weighted by molar-refractivity contribution is 7.88. The molecule has 2 aliphatic rings. The Morgan fingerprint density at radius 2 is 1.93 bits per heavy atom. The highest BCUT2D eigenvalue weighted by Crippen LogP contribution is 2.47. The summed E-state index contributed by atoms with van der Waals surface area (Å²) in [5, 5.41) is 13.4. The van der Waals surface area contributed by atoms with Crippen LogP contribution in [0.15, 0.2) is 47.0 Å². The van der Waals surface area contributed by atoms with Crippen LogP contribution in [0.3, 0.4) is 0 Å². The Labute approximate surface area is 252 Å². The van der Waals surface area contributed by atoms with Gasteiger partial charge in [0.05, 0.1) is 18.2 Å². The first kappa shape index (κ1) is 30.4. The molecule has 3 N–H and O–H groups in total. The van der Waals surface area contributed by atoms with Crippen molar-refractivity contribution in [1.29, 1.82) is 0 Å². The average Bonchev–Trinajstić information content (AvgIpc) is 3.41. The topological polar surface area (TPSA) is 164 Å². The normalized spacial score (nSPS) is 22.6. The van der Waals surface area contributed by atoms with E-state index < -0.39 is 46.6 Å². The van der Waals surface area contributed by atoms with Gasteiger partial charge in [0, 0.05) is 27.7 Å². The van der Waals surface area contributed by atoms with Gasteiger partial charge in [-0.05, 0) is 42.2 Å². The number of sulfonamides is 1. The zero-order valence-electron chi connectivity index (χ0n) is 22.5. The number of nitrogens with zero attached hydrogens (tertiary/aromatic N) is 3. The van der Waals surface area contributed by atoms with Crippen LogP contribution in [0.5, 0.6) is 0 Å². The number of hydrogen-bond donors (Lipinski definition) is 3. The number of benzene rings is 2. The minimum atomic E-state index is -3.60. The van der Waals surface area contributed by atoms with Gasteiger partial charge < -0.3 is 14.5 Å². The molecule has 224 valence electrons. The summed E-state index contributed by atoms with van der Waals surface area (Å²) in [5.74, 6) is -1.82. The molecule has 0 spiro atoms. The molecule has 1 aromatic heterocycles. The van der Waals surface area contributed by atoms with E-state index in [2.05, 4.69) is 20.3 Å². The SMILES string of the molecule is CS(=O)(=O)NC1CCCCC1N1C(=O)c2ccccc2C(C(=O)NOCc2noc(CO)n2)C1c1ccc(Cl)cc1Cl. The van der Waals surface area contributed by atoms with Gasteiger partial charge in [0.2, 0.25) is 10.0 Å². The Morgan fingerprint density at radius 1 is 1.17 bits per heavy atom. The van der Waals surface area contributed by atoms with Crippen LogP contribution in [0.4, 0.5) is 0 Å². The van der Waals surface area contributed by atoms with Crippen LogP contribution in [0.2, 0.25) is 10.0 Å². The molecule has 0 bridgehead atoms. The minimum absolute atomic E-state index is 0.00234. The van der Waals surface area contributed by atoms with Gasteiger partial charge in [-0.1, -0.05) is 65.5 Å². The Hall–Kier alpha value is -3.07. The van der Waals surface area contributed by atoms with Crippen molar-refractivity contribution in [3.05, 3.63) is 80.9 Å². The van der Waals surface area contributed by atoms with Crippen LogP contribution in [0.25, 0.3) is 0 Å². The van der Waals surface area contributed by atoms with Crippen molar-refractivity contribution in [2.24, 2.45) is 0 Å². The summed E-state index contributed by atoms with van der Waals surface area (Å²) in [5.41, 5.74) is 3.69. The van der Waals surface area contributed by atoms with Crippen molar-refractivity contribution < 1.29 is 32.5 Å². The zero-order valence-corrected chi connectivity index (χ0v) is 24.8. The molecule has 0 saturated heterocycles. The summed E-state index contributed by atoms with van der Waals surface area (Å²) in [6.45, 7) is -0.691. The maximum atomic E-state index is 14.3. The van der Waals surface area contributed by atoms with Crippen LogP contribution in [-0.2, 0) is 32.9 Å². The Bertz CT molecular complexity index is 1580. The first-order valence-electron chi connectivity index (χ1n) is 13.2. The molecule has 1 saturated carbocycles. The molecule has 4 unspecified atom stereocenters. The molecule has 1 aliphatic carbocycles. The van der Waals surface area contributed by atoms with Gasteiger partial charge in [-0.3, -0.25) is 14.4 Å². The van der Waals surface area contributed by atoms with Gasteiger partial charge in [0.1, 0.15) is 13.2 Å². The van der Waals surface area contributed by atoms with E-state index >= 15 is 0 Å². The molecule has 12 nitrogen and oxygen atoms in total. The third-order valence-electron chi connectivity index (χ3n) is 7.41. The van der Waals surface area contributed by atoms with Gasteiger partial charge in [-0.15, -0.1) is 0 Å². The Kier molecular flexibility index (Phi) is 9.16. The fraction of sp³-hybridized carbons (Fsp3) is 0.407. The number of fused-ring (bicyclic) bond motifs is 1. The lowest BCUT2D eigenvalue weighted by Gasteiger charge is -2.49. The molecule has 2 amide bonds. The number of nitrogens with one attached hydrogen (secondary N) is 2. The maximum Gasteiger partial charge on any atom is 0.255 e. The predicted molar refractivity (Wildman–Crippen MR) is 152 cm³/mol. The maximum absolute atomic E-state index is 14.3. The molecule has 1 aliphatic heterocycles. The molecule has 42 heavy (non-hydrogen) atoms. The summed E-state index contributed by atoms with van der Waals surface area (Å²) in [4.78, 5) is 39.2. The minimum Gasteiger partial charge on any atom is -0.387 e. The Balaban J connectivity index is 1.58. The molecule has 2 aromatic carbocycles. The molecule has 4 atom stereocenters. The Morgan fingerprint density at radius 3 is 2.64 bits per heavy atom. The number of amides is 2. The number of carbonyl (C=O) groups excluding carboxylic acids is 2. The summed E-state index contributed by atoms with van der Waals surface area (Å²) in [6.07, 6.45) is 3.66. The molecule has 15 heteroatoms. The average molecular weight is 639 g/mol. The summed E-state index contributed by atoms with van der Waals surface area (Å²) < 4.78 is 32.2. The van der Waals surface area contributed by atoms with Gasteiger partial charge in [-0.25, -0.2) is 18.6 Å². The lowest BCUT2D eigenvalue weighted by Crippen LogP contribution is -2.59. The number of rotatable bonds is 9. The van der Waals surface area contributed by atoms with Crippen LogP contribution < -0.4 is 10.2 Å². The van der Waals surface area contributed by atoms with Crippen LogP contribution in [-0.4, -0.2) is 58.7 Å². The van der Waals surface area contributed by atoms with Gasteiger partial charge in [0.15, 0.2) is 5.82 Å². The van der Waals surface area contributed by atoms with Gasteiger partial charge in [0.25, 0.3) is 17.7 Å². The third-order valence-corrected chi connectivity index (χ3v) is 8.70. The van der Waals surface area contributed by atoms with Crippen molar-refractivity contribution >= 4 is 45.0 Å². The summed E-state index contributed by atoms with van der Waals surface area (Å²) in [6, 6.07) is 9.53. The smallest absolute Gasteiger partial charge is 0.255 e. The molecule has 0 radical (unpaired) electrons. The lowest BCUT2D eigenvalue weighted by atomic mass is 9.76. The van der Waals surface area contributed by atoms with Crippen LogP contribution in [0.1, 0.15) is 70.8 Å². The molecular weight excluding hydrogens is 609 g/mol. The fourth-order valence-corrected chi connectivity index (χ4v) is 7.12. The van der Waals surface area contributed by atoms with Crippen molar-refractivity contribution in [3.8, 4) is 0 Å². The number of aliphatic hydroxyl groups excluding tert-OH is 1. The quantitative estimate of drug-likeness (QED) is 0.299. The molecule has 5 rings (SSSR count). The third kappa shape index (κ3) is 6.46. The number of halogens is 2. The predicted octanol–water partition coefficient (Wildman–Crippen LogP) is 3.26. The first-order chi connectivity index (χ1) is 20.1. The second-order valence-electron chi connectivity index (χ2n) is 10.3. The van der Waals surface area contributed by atoms with E-state index in [0.29, 0.717) is 34.6 Å². The van der Waals surface area contributed by atoms with E-state index in [1.807, 2.05) is 0 Å². The van der Waals surface area contributed by atoms with Crippen LogP contribution in [0, 0.1) is 0 Å². The first-order valence-corrected chi connectivity index (χ1v) is 15.9. The number of hydrogen-bond acceptors (Lipinski definition) is 9. The van der Waals surface area contributed by atoms with Crippen molar-refractivity contribution in [3.63, 3.8) is 0 Å². The lowest BCUT2D eigenvalue weighted by molar-refractivity contribution is -0.138. The standard InChI is InChI=1S/C27H29Cl2N5O7S/c1-42(38,39)33-20-8-4-5-9-21(20)34-25(18-11-10-15(28)12-19(18)29)24(16-6-2-3-7-17(16)27(34)37)26(36)32-40-14-22-30-23(13-35)41-31-22/h2-3,6-7,10-12,20-21,24-25,33,35H,4-5,8-9,13-14H2,1H3,(H,32,36). The number of aliphatic hydroxyl groups is 1. The van der Waals surface area contributed by atoms with Crippen molar-refractivity contribution in [2.45, 2.75) is 62.9 Å². The highest BCUT2D eigenvalue weighted by atomic mass is 35.5. The van der Waals surface area contributed by atoms with E-state index in [0.717, 1.165) is 19.1 Å². The molecule has 3 aromatic rings. The highest BCUT2D eigenvalue weighted by Gasteiger charge is 2.49. The zero-order chi connectivity index (χ0) is 30.0. The number of aromatic nitrogens is 2. The second kappa shape index (κ2) is 12.7. The van der Waals surface area contributed by atoms with Crippen molar-refractivity contribution in [2.75, 3.05) is 6.26 Å². The van der Waals surface area contributed by atoms with E-state index in [-0.39, 0.29) is 29.3 Å².